The van der Waals surface area contributed by atoms with Crippen molar-refractivity contribution in [2.45, 2.75) is 50.6 Å². The fourth-order valence-corrected chi connectivity index (χ4v) is 2.69. The minimum atomic E-state index is 0.632. The Bertz CT molecular complexity index is 215. The Labute approximate surface area is 79.4 Å². The van der Waals surface area contributed by atoms with Gasteiger partial charge in [0.25, 0.3) is 0 Å². The van der Waals surface area contributed by atoms with Crippen molar-refractivity contribution in [3.8, 4) is 0 Å². The molecule has 13 heavy (non-hydrogen) atoms. The summed E-state index contributed by atoms with van der Waals surface area (Å²) in [6, 6.07) is 1.37. The summed E-state index contributed by atoms with van der Waals surface area (Å²) in [5.41, 5.74) is 1.00. The van der Waals surface area contributed by atoms with E-state index < -0.39 is 0 Å². The molecule has 2 aliphatic heterocycles. The number of nitrogens with zero attached hydrogens (tertiary/aromatic N) is 2. The quantitative estimate of drug-likeness (QED) is 0.458. The van der Waals surface area contributed by atoms with Gasteiger partial charge >= 0.3 is 0 Å². The van der Waals surface area contributed by atoms with Crippen LogP contribution in [-0.2, 0) is 0 Å². The first-order chi connectivity index (χ1) is 6.31. The normalized spacial score (nSPS) is 39.0. The maximum atomic E-state index is 8.79. The summed E-state index contributed by atoms with van der Waals surface area (Å²) in [5, 5.41) is 12.2. The molecule has 0 radical (unpaired) electrons. The Morgan fingerprint density at radius 1 is 1.31 bits per heavy atom. The maximum Gasteiger partial charge on any atom is 0.0587 e. The molecular formula is C10H18N2O. The summed E-state index contributed by atoms with van der Waals surface area (Å²) < 4.78 is 0. The van der Waals surface area contributed by atoms with Gasteiger partial charge in [0, 0.05) is 18.5 Å². The van der Waals surface area contributed by atoms with E-state index >= 15 is 0 Å². The van der Waals surface area contributed by atoms with E-state index in [1.54, 1.807) is 0 Å². The lowest BCUT2D eigenvalue weighted by molar-refractivity contribution is 0.121. The third kappa shape index (κ3) is 1.70. The monoisotopic (exact) mass is 182 g/mol. The van der Waals surface area contributed by atoms with Gasteiger partial charge in [0.1, 0.15) is 0 Å². The first kappa shape index (κ1) is 9.00. The number of rotatable bonds is 0. The SMILES string of the molecule is CN1C2CCCC1CC(=NO)CC2. The Morgan fingerprint density at radius 3 is 2.85 bits per heavy atom. The molecule has 0 aromatic rings. The molecular weight excluding hydrogens is 164 g/mol. The van der Waals surface area contributed by atoms with Crippen LogP contribution in [0.15, 0.2) is 5.16 Å². The third-order valence-corrected chi connectivity index (χ3v) is 3.61. The highest BCUT2D eigenvalue weighted by Gasteiger charge is 2.31. The Morgan fingerprint density at radius 2 is 2.08 bits per heavy atom. The molecule has 0 aromatic carbocycles. The van der Waals surface area contributed by atoms with Crippen LogP contribution in [0.1, 0.15) is 38.5 Å². The molecule has 2 bridgehead atoms. The fourth-order valence-electron chi connectivity index (χ4n) is 2.69. The first-order valence-corrected chi connectivity index (χ1v) is 5.23. The van der Waals surface area contributed by atoms with E-state index in [-0.39, 0.29) is 0 Å². The Balaban J connectivity index is 2.13. The summed E-state index contributed by atoms with van der Waals surface area (Å²) >= 11 is 0. The van der Waals surface area contributed by atoms with E-state index in [4.69, 9.17) is 5.21 Å². The van der Waals surface area contributed by atoms with Gasteiger partial charge in [-0.2, -0.15) is 0 Å². The molecule has 3 heteroatoms. The van der Waals surface area contributed by atoms with Gasteiger partial charge in [-0.3, -0.25) is 0 Å². The van der Waals surface area contributed by atoms with Gasteiger partial charge in [0.2, 0.25) is 0 Å². The number of hydrogen-bond acceptors (Lipinski definition) is 3. The summed E-state index contributed by atoms with van der Waals surface area (Å²) in [6.45, 7) is 0. The second kappa shape index (κ2) is 3.66. The zero-order chi connectivity index (χ0) is 9.26. The van der Waals surface area contributed by atoms with Crippen molar-refractivity contribution in [2.75, 3.05) is 7.05 Å². The molecule has 2 heterocycles. The maximum absolute atomic E-state index is 8.79. The van der Waals surface area contributed by atoms with Gasteiger partial charge in [-0.05, 0) is 32.7 Å². The van der Waals surface area contributed by atoms with Crippen LogP contribution in [0, 0.1) is 0 Å². The zero-order valence-corrected chi connectivity index (χ0v) is 8.24. The number of oxime groups is 1. The van der Waals surface area contributed by atoms with Gasteiger partial charge in [0.15, 0.2) is 0 Å². The molecule has 2 aliphatic rings. The molecule has 0 spiro atoms. The van der Waals surface area contributed by atoms with Crippen molar-refractivity contribution in [2.24, 2.45) is 5.16 Å². The van der Waals surface area contributed by atoms with Crippen LogP contribution in [0.25, 0.3) is 0 Å². The molecule has 0 amide bonds. The van der Waals surface area contributed by atoms with E-state index in [1.807, 2.05) is 0 Å². The van der Waals surface area contributed by atoms with Gasteiger partial charge in [0.05, 0.1) is 5.71 Å². The third-order valence-electron chi connectivity index (χ3n) is 3.61. The largest absolute Gasteiger partial charge is 0.411 e. The lowest BCUT2D eigenvalue weighted by Crippen LogP contribution is -2.42. The van der Waals surface area contributed by atoms with Crippen LogP contribution in [0.4, 0.5) is 0 Å². The highest BCUT2D eigenvalue weighted by atomic mass is 16.4. The van der Waals surface area contributed by atoms with E-state index in [9.17, 15) is 0 Å². The van der Waals surface area contributed by atoms with Gasteiger partial charge in [-0.15, -0.1) is 0 Å². The van der Waals surface area contributed by atoms with E-state index in [2.05, 4.69) is 17.1 Å². The minimum Gasteiger partial charge on any atom is -0.411 e. The number of piperidine rings is 1. The Kier molecular flexibility index (Phi) is 2.54. The first-order valence-electron chi connectivity index (χ1n) is 5.23. The average molecular weight is 182 g/mol. The molecule has 0 saturated carbocycles. The smallest absolute Gasteiger partial charge is 0.0587 e. The summed E-state index contributed by atoms with van der Waals surface area (Å²) in [5.74, 6) is 0. The van der Waals surface area contributed by atoms with Crippen LogP contribution in [-0.4, -0.2) is 35.0 Å². The van der Waals surface area contributed by atoms with Gasteiger partial charge in [-0.1, -0.05) is 11.6 Å². The molecule has 74 valence electrons. The Hall–Kier alpha value is -0.570. The van der Waals surface area contributed by atoms with Crippen LogP contribution >= 0.6 is 0 Å². The number of fused-ring (bicyclic) bond motifs is 2. The van der Waals surface area contributed by atoms with E-state index in [0.29, 0.717) is 6.04 Å². The molecule has 1 N–H and O–H groups in total. The zero-order valence-electron chi connectivity index (χ0n) is 8.24. The van der Waals surface area contributed by atoms with Crippen LogP contribution in [0.2, 0.25) is 0 Å². The van der Waals surface area contributed by atoms with Crippen molar-refractivity contribution >= 4 is 5.71 Å². The molecule has 0 aliphatic carbocycles. The van der Waals surface area contributed by atoms with Gasteiger partial charge in [-0.25, -0.2) is 0 Å². The van der Waals surface area contributed by atoms with Crippen LogP contribution < -0.4 is 0 Å². The predicted molar refractivity (Wildman–Crippen MR) is 52.3 cm³/mol. The molecule has 2 unspecified atom stereocenters. The average Bonchev–Trinajstić information content (AvgIpc) is 2.25. The lowest BCUT2D eigenvalue weighted by Gasteiger charge is -2.37. The molecule has 3 nitrogen and oxygen atoms in total. The molecule has 2 saturated heterocycles. The van der Waals surface area contributed by atoms with Crippen molar-refractivity contribution in [1.29, 1.82) is 0 Å². The van der Waals surface area contributed by atoms with E-state index in [0.717, 1.165) is 24.6 Å². The van der Waals surface area contributed by atoms with Crippen molar-refractivity contribution in [3.63, 3.8) is 0 Å². The van der Waals surface area contributed by atoms with Crippen molar-refractivity contribution < 1.29 is 5.21 Å². The second-order valence-corrected chi connectivity index (χ2v) is 4.31. The summed E-state index contributed by atoms with van der Waals surface area (Å²) in [6.07, 6.45) is 7.08. The van der Waals surface area contributed by atoms with E-state index in [1.165, 1.54) is 25.7 Å². The minimum absolute atomic E-state index is 0.632. The van der Waals surface area contributed by atoms with Crippen LogP contribution in [0.5, 0.6) is 0 Å². The standard InChI is InChI=1S/C10H18N2O/c1-12-9-3-2-4-10(12)7-8(11-13)5-6-9/h9-10,13H,2-7H2,1H3. The molecule has 2 rings (SSSR count). The lowest BCUT2D eigenvalue weighted by atomic mass is 9.95. The number of hydrogen-bond donors (Lipinski definition) is 1. The highest BCUT2D eigenvalue weighted by molar-refractivity contribution is 5.84. The predicted octanol–water partition coefficient (Wildman–Crippen LogP) is 1.85. The molecule has 0 aromatic heterocycles. The summed E-state index contributed by atoms with van der Waals surface area (Å²) in [7, 11) is 2.22. The fraction of sp³-hybridized carbons (Fsp3) is 0.900. The molecule has 2 atom stereocenters. The van der Waals surface area contributed by atoms with Crippen LogP contribution in [0.3, 0.4) is 0 Å². The summed E-state index contributed by atoms with van der Waals surface area (Å²) in [4.78, 5) is 2.49. The van der Waals surface area contributed by atoms with Crippen molar-refractivity contribution in [3.05, 3.63) is 0 Å². The topological polar surface area (TPSA) is 35.8 Å². The second-order valence-electron chi connectivity index (χ2n) is 4.31. The molecule has 2 fully saturated rings. The van der Waals surface area contributed by atoms with Crippen molar-refractivity contribution in [1.82, 2.24) is 4.90 Å². The van der Waals surface area contributed by atoms with Gasteiger partial charge < -0.3 is 10.1 Å². The highest BCUT2D eigenvalue weighted by Crippen LogP contribution is 2.30.